The van der Waals surface area contributed by atoms with E-state index in [4.69, 9.17) is 10.7 Å². The Morgan fingerprint density at radius 2 is 1.87 bits per heavy atom. The van der Waals surface area contributed by atoms with E-state index in [1.807, 2.05) is 13.8 Å². The minimum Gasteiger partial charge on any atom is -0.465 e. The molecule has 1 unspecified atom stereocenters. The topological polar surface area (TPSA) is 43.4 Å². The van der Waals surface area contributed by atoms with E-state index in [2.05, 4.69) is 4.74 Å². The molecule has 84 valence electrons. The van der Waals surface area contributed by atoms with E-state index >= 15 is 0 Å². The fourth-order valence-electron chi connectivity index (χ4n) is 0.885. The fraction of sp³-hybridized carbons (Fsp3) is 0.300. The molecule has 0 heterocycles. The molecule has 1 aromatic rings. The number of rotatable bonds is 2. The lowest BCUT2D eigenvalue weighted by Crippen LogP contribution is -2.04. The smallest absolute Gasteiger partial charge is 0.339 e. The first-order chi connectivity index (χ1) is 7.16. The molecular weight excluding hydrogens is 236 g/mol. The van der Waals surface area contributed by atoms with Crippen molar-refractivity contribution in [1.82, 2.24) is 0 Å². The largest absolute Gasteiger partial charge is 0.465 e. The molecule has 0 bridgehead atoms. The van der Waals surface area contributed by atoms with Gasteiger partial charge in [0.25, 0.3) is 0 Å². The third-order valence-electron chi connectivity index (χ3n) is 1.47. The van der Waals surface area contributed by atoms with Crippen LogP contribution in [0, 0.1) is 0 Å². The Balaban J connectivity index is 0.000000921. The van der Waals surface area contributed by atoms with Gasteiger partial charge in [-0.3, -0.25) is 0 Å². The van der Waals surface area contributed by atoms with Crippen molar-refractivity contribution in [3.63, 3.8) is 0 Å². The van der Waals surface area contributed by atoms with Gasteiger partial charge in [0, 0.05) is 0 Å². The zero-order chi connectivity index (χ0) is 11.8. The van der Waals surface area contributed by atoms with Crippen molar-refractivity contribution in [2.45, 2.75) is 18.7 Å². The molecule has 0 aromatic heterocycles. The maximum absolute atomic E-state index is 11.1. The van der Waals surface area contributed by atoms with E-state index in [9.17, 15) is 9.00 Å². The fourth-order valence-corrected chi connectivity index (χ4v) is 1.80. The van der Waals surface area contributed by atoms with Gasteiger partial charge < -0.3 is 4.74 Å². The summed E-state index contributed by atoms with van der Waals surface area (Å²) in [4.78, 5) is 11.4. The van der Waals surface area contributed by atoms with Crippen LogP contribution < -0.4 is 0 Å². The highest BCUT2D eigenvalue weighted by Crippen LogP contribution is 2.16. The molecule has 0 spiro atoms. The first-order valence-corrected chi connectivity index (χ1v) is 6.39. The summed E-state index contributed by atoms with van der Waals surface area (Å²) >= 11 is 0. The van der Waals surface area contributed by atoms with E-state index in [1.54, 1.807) is 12.1 Å². The van der Waals surface area contributed by atoms with Gasteiger partial charge in [0.15, 0.2) is 0 Å². The Morgan fingerprint density at radius 1 is 1.33 bits per heavy atom. The Bertz CT molecular complexity index is 352. The second-order valence-electron chi connectivity index (χ2n) is 2.21. The number of methoxy groups -OCH3 is 1. The van der Waals surface area contributed by atoms with Crippen LogP contribution in [-0.2, 0) is 14.7 Å². The minimum atomic E-state index is -1.69. The number of benzene rings is 1. The van der Waals surface area contributed by atoms with Gasteiger partial charge in [-0.25, -0.2) is 9.00 Å². The summed E-state index contributed by atoms with van der Waals surface area (Å²) in [6.45, 7) is 4.00. The molecule has 0 aliphatic heterocycles. The minimum absolute atomic E-state index is 0.235. The lowest BCUT2D eigenvalue weighted by molar-refractivity contribution is 0.0596. The van der Waals surface area contributed by atoms with Crippen molar-refractivity contribution in [3.8, 4) is 0 Å². The molecule has 0 amide bonds. The third kappa shape index (κ3) is 4.01. The van der Waals surface area contributed by atoms with Crippen LogP contribution >= 0.6 is 10.7 Å². The maximum atomic E-state index is 11.1. The van der Waals surface area contributed by atoms with Crippen molar-refractivity contribution in [2.24, 2.45) is 0 Å². The summed E-state index contributed by atoms with van der Waals surface area (Å²) in [7, 11) is 4.94. The Kier molecular flexibility index (Phi) is 6.99. The molecule has 0 N–H and O–H groups in total. The van der Waals surface area contributed by atoms with E-state index in [-0.39, 0.29) is 10.5 Å². The van der Waals surface area contributed by atoms with Gasteiger partial charge in [-0.15, -0.1) is 0 Å². The van der Waals surface area contributed by atoms with Crippen molar-refractivity contribution < 1.29 is 13.7 Å². The quantitative estimate of drug-likeness (QED) is 0.597. The number of hydrogen-bond donors (Lipinski definition) is 0. The molecule has 0 aliphatic rings. The Hall–Kier alpha value is -0.870. The molecule has 3 nitrogen and oxygen atoms in total. The predicted molar refractivity (Wildman–Crippen MR) is 61.4 cm³/mol. The number of carbonyl (C=O) groups is 1. The predicted octanol–water partition coefficient (Wildman–Crippen LogP) is 2.76. The molecule has 0 saturated carbocycles. The second-order valence-corrected chi connectivity index (χ2v) is 3.94. The molecular formula is C10H13ClO3S. The van der Waals surface area contributed by atoms with E-state index < -0.39 is 16.0 Å². The highest BCUT2D eigenvalue weighted by Gasteiger charge is 2.13. The van der Waals surface area contributed by atoms with Crippen molar-refractivity contribution in [3.05, 3.63) is 29.8 Å². The average Bonchev–Trinajstić information content (AvgIpc) is 2.30. The second kappa shape index (κ2) is 7.43. The molecule has 0 saturated heterocycles. The van der Waals surface area contributed by atoms with E-state index in [1.165, 1.54) is 19.2 Å². The highest BCUT2D eigenvalue weighted by molar-refractivity contribution is 8.08. The summed E-state index contributed by atoms with van der Waals surface area (Å²) < 4.78 is 15.5. The lowest BCUT2D eigenvalue weighted by Gasteiger charge is -2.02. The van der Waals surface area contributed by atoms with Crippen molar-refractivity contribution >= 4 is 26.7 Å². The van der Waals surface area contributed by atoms with Crippen molar-refractivity contribution in [1.29, 1.82) is 0 Å². The van der Waals surface area contributed by atoms with Gasteiger partial charge in [0.1, 0.15) is 10.0 Å². The molecule has 0 fully saturated rings. The molecule has 15 heavy (non-hydrogen) atoms. The highest BCUT2D eigenvalue weighted by atomic mass is 35.7. The average molecular weight is 249 g/mol. The Labute approximate surface area is 96.4 Å². The van der Waals surface area contributed by atoms with Crippen LogP contribution in [0.15, 0.2) is 29.2 Å². The van der Waals surface area contributed by atoms with Gasteiger partial charge in [-0.2, -0.15) is 0 Å². The summed E-state index contributed by atoms with van der Waals surface area (Å²) in [5.41, 5.74) is 0.235. The Morgan fingerprint density at radius 3 is 2.33 bits per heavy atom. The summed E-state index contributed by atoms with van der Waals surface area (Å²) in [6.07, 6.45) is 0. The lowest BCUT2D eigenvalue weighted by atomic mass is 10.2. The number of esters is 1. The van der Waals surface area contributed by atoms with E-state index in [0.29, 0.717) is 0 Å². The SMILES string of the molecule is CC.COC(=O)c1ccccc1S(=O)Cl. The maximum Gasteiger partial charge on any atom is 0.339 e. The van der Waals surface area contributed by atoms with Crippen LogP contribution in [0.3, 0.4) is 0 Å². The number of halogens is 1. The van der Waals surface area contributed by atoms with Gasteiger partial charge in [-0.05, 0) is 22.8 Å². The zero-order valence-electron chi connectivity index (χ0n) is 8.82. The first-order valence-electron chi connectivity index (χ1n) is 4.42. The van der Waals surface area contributed by atoms with Gasteiger partial charge in [0.2, 0.25) is 0 Å². The molecule has 0 aliphatic carbocycles. The van der Waals surface area contributed by atoms with Gasteiger partial charge >= 0.3 is 5.97 Å². The third-order valence-corrected chi connectivity index (χ3v) is 2.67. The summed E-state index contributed by atoms with van der Waals surface area (Å²) in [5, 5.41) is 0. The van der Waals surface area contributed by atoms with Crippen LogP contribution in [0.1, 0.15) is 24.2 Å². The monoisotopic (exact) mass is 248 g/mol. The number of hydrogen-bond acceptors (Lipinski definition) is 3. The van der Waals surface area contributed by atoms with Crippen LogP contribution in [0.25, 0.3) is 0 Å². The summed E-state index contributed by atoms with van der Waals surface area (Å²) in [5.74, 6) is -0.537. The van der Waals surface area contributed by atoms with Gasteiger partial charge in [-0.1, -0.05) is 26.0 Å². The van der Waals surface area contributed by atoms with Crippen LogP contribution in [0.2, 0.25) is 0 Å². The molecule has 0 radical (unpaired) electrons. The van der Waals surface area contributed by atoms with Gasteiger partial charge in [0.05, 0.1) is 17.6 Å². The first kappa shape index (κ1) is 14.1. The van der Waals surface area contributed by atoms with E-state index in [0.717, 1.165) is 0 Å². The van der Waals surface area contributed by atoms with Crippen LogP contribution in [-0.4, -0.2) is 17.3 Å². The van der Waals surface area contributed by atoms with Crippen molar-refractivity contribution in [2.75, 3.05) is 7.11 Å². The van der Waals surface area contributed by atoms with Crippen LogP contribution in [0.4, 0.5) is 0 Å². The molecule has 1 rings (SSSR count). The standard InChI is InChI=1S/C8H7ClO3S.C2H6/c1-12-8(10)6-4-2-3-5-7(6)13(9)11;1-2/h2-5H,1H3;1-2H3. The number of ether oxygens (including phenoxy) is 1. The molecule has 5 heteroatoms. The number of carbonyl (C=O) groups excluding carboxylic acids is 1. The zero-order valence-corrected chi connectivity index (χ0v) is 10.4. The molecule has 1 aromatic carbocycles. The molecule has 1 atom stereocenters. The normalized spacial score (nSPS) is 10.9. The summed E-state index contributed by atoms with van der Waals surface area (Å²) in [6, 6.07) is 6.35. The van der Waals surface area contributed by atoms with Crippen LogP contribution in [0.5, 0.6) is 0 Å².